The third kappa shape index (κ3) is 4.04. The van der Waals surface area contributed by atoms with Gasteiger partial charge in [-0.15, -0.1) is 11.8 Å². The second-order valence-electron chi connectivity index (χ2n) is 4.51. The maximum absolute atomic E-state index is 5.58. The van der Waals surface area contributed by atoms with Crippen LogP contribution in [-0.2, 0) is 12.2 Å². The lowest BCUT2D eigenvalue weighted by molar-refractivity contribution is 0.871. The third-order valence-electron chi connectivity index (χ3n) is 2.80. The molecule has 0 bridgehead atoms. The summed E-state index contributed by atoms with van der Waals surface area (Å²) < 4.78 is 0. The number of rotatable bonds is 5. The summed E-state index contributed by atoms with van der Waals surface area (Å²) in [5, 5.41) is 0. The molecule has 0 atom stereocenters. The average molecular weight is 273 g/mol. The summed E-state index contributed by atoms with van der Waals surface area (Å²) in [7, 11) is 0. The van der Waals surface area contributed by atoms with Gasteiger partial charge in [0, 0.05) is 22.7 Å². The van der Waals surface area contributed by atoms with Gasteiger partial charge in [0.1, 0.15) is 5.82 Å². The lowest BCUT2D eigenvalue weighted by Crippen LogP contribution is -2.07. The zero-order valence-electron chi connectivity index (χ0n) is 11.4. The van der Waals surface area contributed by atoms with Gasteiger partial charge in [0.05, 0.1) is 5.75 Å². The highest BCUT2D eigenvalue weighted by atomic mass is 32.2. The van der Waals surface area contributed by atoms with Crippen molar-refractivity contribution >= 4 is 11.8 Å². The van der Waals surface area contributed by atoms with E-state index in [1.807, 2.05) is 13.0 Å². The van der Waals surface area contributed by atoms with Gasteiger partial charge in [0.2, 0.25) is 0 Å². The minimum absolute atomic E-state index is 0.626. The maximum Gasteiger partial charge on any atom is 0.139 e. The Morgan fingerprint density at radius 2 is 1.95 bits per heavy atom. The van der Waals surface area contributed by atoms with E-state index in [0.29, 0.717) is 6.54 Å². The summed E-state index contributed by atoms with van der Waals surface area (Å²) in [6.07, 6.45) is 0.811. The summed E-state index contributed by atoms with van der Waals surface area (Å²) >= 11 is 1.78. The normalized spacial score (nSPS) is 10.7. The molecule has 4 heteroatoms. The molecule has 2 rings (SSSR count). The van der Waals surface area contributed by atoms with E-state index in [2.05, 4.69) is 41.2 Å². The van der Waals surface area contributed by atoms with E-state index in [4.69, 9.17) is 5.73 Å². The fourth-order valence-corrected chi connectivity index (χ4v) is 2.79. The van der Waals surface area contributed by atoms with Crippen LogP contribution in [0.3, 0.4) is 0 Å². The van der Waals surface area contributed by atoms with Gasteiger partial charge in [-0.05, 0) is 38.1 Å². The van der Waals surface area contributed by atoms with E-state index in [0.717, 1.165) is 29.4 Å². The molecule has 0 unspecified atom stereocenters. The Balaban J connectivity index is 2.09. The van der Waals surface area contributed by atoms with Gasteiger partial charge in [0.25, 0.3) is 0 Å². The minimum Gasteiger partial charge on any atom is -0.330 e. The van der Waals surface area contributed by atoms with E-state index in [9.17, 15) is 0 Å². The van der Waals surface area contributed by atoms with Crippen molar-refractivity contribution in [2.24, 2.45) is 5.73 Å². The smallest absolute Gasteiger partial charge is 0.139 e. The SMILES string of the molecule is Cc1cc(CCN)nc(CSc2ccccc2C)n1. The average Bonchev–Trinajstić information content (AvgIpc) is 2.37. The number of hydrogen-bond donors (Lipinski definition) is 1. The highest BCUT2D eigenvalue weighted by Gasteiger charge is 2.04. The number of benzene rings is 1. The highest BCUT2D eigenvalue weighted by Crippen LogP contribution is 2.24. The van der Waals surface area contributed by atoms with Crippen molar-refractivity contribution in [3.05, 3.63) is 53.1 Å². The number of aromatic nitrogens is 2. The molecule has 0 saturated heterocycles. The Bertz CT molecular complexity index is 555. The molecule has 0 fully saturated rings. The molecular formula is C15H19N3S. The maximum atomic E-state index is 5.58. The second-order valence-corrected chi connectivity index (χ2v) is 5.53. The van der Waals surface area contributed by atoms with E-state index in [-0.39, 0.29) is 0 Å². The second kappa shape index (κ2) is 6.68. The van der Waals surface area contributed by atoms with Crippen molar-refractivity contribution in [2.75, 3.05) is 6.54 Å². The highest BCUT2D eigenvalue weighted by molar-refractivity contribution is 7.98. The molecule has 19 heavy (non-hydrogen) atoms. The first kappa shape index (κ1) is 14.0. The largest absolute Gasteiger partial charge is 0.330 e. The van der Waals surface area contributed by atoms with Crippen LogP contribution in [0.4, 0.5) is 0 Å². The number of nitrogens with two attached hydrogens (primary N) is 1. The van der Waals surface area contributed by atoms with Crippen LogP contribution >= 0.6 is 11.8 Å². The molecule has 2 N–H and O–H groups in total. The first-order valence-electron chi connectivity index (χ1n) is 6.41. The third-order valence-corrected chi connectivity index (χ3v) is 3.98. The fourth-order valence-electron chi connectivity index (χ4n) is 1.90. The molecule has 0 saturated carbocycles. The standard InChI is InChI=1S/C15H19N3S/c1-11-5-3-4-6-14(11)19-10-15-17-12(2)9-13(18-15)7-8-16/h3-6,9H,7-8,10,16H2,1-2H3. The van der Waals surface area contributed by atoms with Gasteiger partial charge in [-0.25, -0.2) is 9.97 Å². The Morgan fingerprint density at radius 1 is 1.16 bits per heavy atom. The van der Waals surface area contributed by atoms with E-state index < -0.39 is 0 Å². The van der Waals surface area contributed by atoms with Gasteiger partial charge in [0.15, 0.2) is 0 Å². The predicted molar refractivity (Wildman–Crippen MR) is 80.3 cm³/mol. The number of hydrogen-bond acceptors (Lipinski definition) is 4. The number of thioether (sulfide) groups is 1. The molecule has 0 aliphatic rings. The minimum atomic E-state index is 0.626. The zero-order chi connectivity index (χ0) is 13.7. The van der Waals surface area contributed by atoms with Crippen molar-refractivity contribution in [3.63, 3.8) is 0 Å². The topological polar surface area (TPSA) is 51.8 Å². The summed E-state index contributed by atoms with van der Waals surface area (Å²) in [6.45, 7) is 4.75. The zero-order valence-corrected chi connectivity index (χ0v) is 12.2. The van der Waals surface area contributed by atoms with Crippen LogP contribution in [0, 0.1) is 13.8 Å². The van der Waals surface area contributed by atoms with Gasteiger partial charge in [-0.1, -0.05) is 18.2 Å². The van der Waals surface area contributed by atoms with Gasteiger partial charge >= 0.3 is 0 Å². The summed E-state index contributed by atoms with van der Waals surface area (Å²) in [5.74, 6) is 1.68. The molecule has 0 spiro atoms. The van der Waals surface area contributed by atoms with Crippen molar-refractivity contribution in [1.82, 2.24) is 9.97 Å². The van der Waals surface area contributed by atoms with Gasteiger partial charge < -0.3 is 5.73 Å². The van der Waals surface area contributed by atoms with Gasteiger partial charge in [-0.3, -0.25) is 0 Å². The molecule has 0 radical (unpaired) electrons. The van der Waals surface area contributed by atoms with Crippen molar-refractivity contribution < 1.29 is 0 Å². The van der Waals surface area contributed by atoms with Crippen LogP contribution in [-0.4, -0.2) is 16.5 Å². The Hall–Kier alpha value is -1.39. The van der Waals surface area contributed by atoms with E-state index >= 15 is 0 Å². The molecule has 3 nitrogen and oxygen atoms in total. The Morgan fingerprint density at radius 3 is 2.68 bits per heavy atom. The molecule has 1 aromatic carbocycles. The molecular weight excluding hydrogens is 254 g/mol. The van der Waals surface area contributed by atoms with Crippen LogP contribution in [0.5, 0.6) is 0 Å². The van der Waals surface area contributed by atoms with Crippen LogP contribution in [0.15, 0.2) is 35.2 Å². The fraction of sp³-hybridized carbons (Fsp3) is 0.333. The van der Waals surface area contributed by atoms with Crippen LogP contribution in [0.1, 0.15) is 22.8 Å². The summed E-state index contributed by atoms with van der Waals surface area (Å²) in [4.78, 5) is 10.3. The lowest BCUT2D eigenvalue weighted by Gasteiger charge is -2.07. The monoisotopic (exact) mass is 273 g/mol. The van der Waals surface area contributed by atoms with Gasteiger partial charge in [-0.2, -0.15) is 0 Å². The van der Waals surface area contributed by atoms with Crippen molar-refractivity contribution in [1.29, 1.82) is 0 Å². The van der Waals surface area contributed by atoms with Crippen LogP contribution < -0.4 is 5.73 Å². The molecule has 1 aromatic heterocycles. The van der Waals surface area contributed by atoms with Crippen LogP contribution in [0.2, 0.25) is 0 Å². The number of nitrogens with zero attached hydrogens (tertiary/aromatic N) is 2. The van der Waals surface area contributed by atoms with E-state index in [1.165, 1.54) is 10.5 Å². The molecule has 100 valence electrons. The Kier molecular flexibility index (Phi) is 4.93. The summed E-state index contributed by atoms with van der Waals surface area (Å²) in [6, 6.07) is 10.4. The van der Waals surface area contributed by atoms with Crippen molar-refractivity contribution in [2.45, 2.75) is 30.9 Å². The molecule has 0 amide bonds. The summed E-state index contributed by atoms with van der Waals surface area (Å²) in [5.41, 5.74) is 8.92. The number of aryl methyl sites for hydroxylation is 2. The predicted octanol–water partition coefficient (Wildman–Crippen LogP) is 2.89. The lowest BCUT2D eigenvalue weighted by atomic mass is 10.2. The first-order valence-corrected chi connectivity index (χ1v) is 7.39. The molecule has 0 aliphatic heterocycles. The quantitative estimate of drug-likeness (QED) is 0.851. The van der Waals surface area contributed by atoms with Crippen molar-refractivity contribution in [3.8, 4) is 0 Å². The first-order chi connectivity index (χ1) is 9.19. The molecule has 0 aliphatic carbocycles. The Labute approximate surface area is 118 Å². The van der Waals surface area contributed by atoms with E-state index in [1.54, 1.807) is 11.8 Å². The molecule has 1 heterocycles. The van der Waals surface area contributed by atoms with Crippen LogP contribution in [0.25, 0.3) is 0 Å². The molecule has 2 aromatic rings.